The molecule has 0 aliphatic carbocycles. The second-order valence-corrected chi connectivity index (χ2v) is 6.11. The van der Waals surface area contributed by atoms with E-state index in [0.717, 1.165) is 16.9 Å². The van der Waals surface area contributed by atoms with Crippen LogP contribution in [0.3, 0.4) is 0 Å². The summed E-state index contributed by atoms with van der Waals surface area (Å²) in [5.41, 5.74) is 1.19. The molecule has 1 aromatic carbocycles. The van der Waals surface area contributed by atoms with E-state index in [9.17, 15) is 5.11 Å². The van der Waals surface area contributed by atoms with Gasteiger partial charge >= 0.3 is 0 Å². The van der Waals surface area contributed by atoms with Crippen LogP contribution in [0.15, 0.2) is 22.7 Å². The Balaban J connectivity index is 1.98. The molecule has 1 aliphatic heterocycles. The molecule has 2 nitrogen and oxygen atoms in total. The van der Waals surface area contributed by atoms with Gasteiger partial charge in [0, 0.05) is 11.0 Å². The molecule has 3 heteroatoms. The van der Waals surface area contributed by atoms with Gasteiger partial charge in [-0.15, -0.1) is 0 Å². The molecule has 18 heavy (non-hydrogen) atoms. The molecule has 1 fully saturated rings. The van der Waals surface area contributed by atoms with Crippen LogP contribution in [-0.2, 0) is 6.54 Å². The third kappa shape index (κ3) is 3.72. The molecular formula is C15H22BrNO. The van der Waals surface area contributed by atoms with Crippen LogP contribution in [0.1, 0.15) is 38.2 Å². The Morgan fingerprint density at radius 1 is 1.33 bits per heavy atom. The van der Waals surface area contributed by atoms with Crippen molar-refractivity contribution in [2.24, 2.45) is 5.92 Å². The Kier molecular flexibility index (Phi) is 5.07. The minimum Gasteiger partial charge on any atom is -0.508 e. The highest BCUT2D eigenvalue weighted by Crippen LogP contribution is 2.25. The highest BCUT2D eigenvalue weighted by atomic mass is 79.9. The molecule has 0 aromatic heterocycles. The summed E-state index contributed by atoms with van der Waals surface area (Å²) in [5, 5.41) is 9.56. The average molecular weight is 312 g/mol. The van der Waals surface area contributed by atoms with E-state index >= 15 is 0 Å². The lowest BCUT2D eigenvalue weighted by Gasteiger charge is -2.21. The van der Waals surface area contributed by atoms with Gasteiger partial charge in [0.1, 0.15) is 5.75 Å². The van der Waals surface area contributed by atoms with Gasteiger partial charge in [0.15, 0.2) is 0 Å². The van der Waals surface area contributed by atoms with E-state index in [1.165, 1.54) is 44.3 Å². The maximum absolute atomic E-state index is 9.56. The molecule has 0 bridgehead atoms. The third-order valence-corrected chi connectivity index (χ3v) is 4.71. The summed E-state index contributed by atoms with van der Waals surface area (Å²) < 4.78 is 1.09. The summed E-state index contributed by atoms with van der Waals surface area (Å²) in [6, 6.07) is 5.52. The number of phenolic OH excluding ortho intramolecular Hbond substituents is 1. The molecule has 0 amide bonds. The topological polar surface area (TPSA) is 23.5 Å². The molecule has 1 unspecified atom stereocenters. The fourth-order valence-corrected chi connectivity index (χ4v) is 3.09. The van der Waals surface area contributed by atoms with Gasteiger partial charge in [0.2, 0.25) is 0 Å². The molecule has 0 saturated carbocycles. The highest BCUT2D eigenvalue weighted by molar-refractivity contribution is 9.10. The van der Waals surface area contributed by atoms with Gasteiger partial charge in [-0.25, -0.2) is 0 Å². The maximum Gasteiger partial charge on any atom is 0.115 e. The molecule has 1 aliphatic rings. The molecule has 0 spiro atoms. The lowest BCUT2D eigenvalue weighted by Crippen LogP contribution is -2.24. The Bertz CT molecular complexity index is 394. The summed E-state index contributed by atoms with van der Waals surface area (Å²) in [6.07, 6.45) is 5.29. The van der Waals surface area contributed by atoms with Crippen molar-refractivity contribution >= 4 is 15.9 Å². The number of benzene rings is 1. The second-order valence-electron chi connectivity index (χ2n) is 5.26. The molecule has 100 valence electrons. The van der Waals surface area contributed by atoms with Gasteiger partial charge in [0.05, 0.1) is 0 Å². The van der Waals surface area contributed by atoms with Crippen molar-refractivity contribution in [2.75, 3.05) is 13.1 Å². The van der Waals surface area contributed by atoms with Crippen LogP contribution < -0.4 is 0 Å². The zero-order valence-corrected chi connectivity index (χ0v) is 12.6. The fraction of sp³-hybridized carbons (Fsp3) is 0.600. The number of aromatic hydroxyl groups is 1. The van der Waals surface area contributed by atoms with Crippen molar-refractivity contribution in [2.45, 2.75) is 39.2 Å². The van der Waals surface area contributed by atoms with Gasteiger partial charge in [0.25, 0.3) is 0 Å². The van der Waals surface area contributed by atoms with Crippen molar-refractivity contribution in [3.05, 3.63) is 28.2 Å². The van der Waals surface area contributed by atoms with Crippen molar-refractivity contribution in [1.29, 1.82) is 0 Å². The van der Waals surface area contributed by atoms with Gasteiger partial charge in [-0.05, 0) is 62.0 Å². The number of hydrogen-bond acceptors (Lipinski definition) is 2. The Morgan fingerprint density at radius 3 is 2.94 bits per heavy atom. The average Bonchev–Trinajstić information content (AvgIpc) is 2.59. The number of hydrogen-bond donors (Lipinski definition) is 1. The van der Waals surface area contributed by atoms with Crippen molar-refractivity contribution in [3.63, 3.8) is 0 Å². The van der Waals surface area contributed by atoms with E-state index in [-0.39, 0.29) is 0 Å². The summed E-state index contributed by atoms with van der Waals surface area (Å²) in [6.45, 7) is 5.59. The minimum atomic E-state index is 0.356. The number of rotatable bonds is 3. The van der Waals surface area contributed by atoms with Crippen LogP contribution in [0, 0.1) is 5.92 Å². The summed E-state index contributed by atoms with van der Waals surface area (Å²) in [4.78, 5) is 2.51. The standard InChI is InChI=1S/C15H22BrNO/c1-2-12-4-3-8-17(9-7-12)11-13-10-14(18)5-6-15(13)16/h5-6,10,12,18H,2-4,7-9,11H2,1H3. The largest absolute Gasteiger partial charge is 0.508 e. The molecule has 1 heterocycles. The van der Waals surface area contributed by atoms with Crippen LogP contribution in [0.2, 0.25) is 0 Å². The lowest BCUT2D eigenvalue weighted by atomic mass is 9.98. The monoisotopic (exact) mass is 311 g/mol. The van der Waals surface area contributed by atoms with E-state index in [0.29, 0.717) is 5.75 Å². The Morgan fingerprint density at radius 2 is 2.17 bits per heavy atom. The highest BCUT2D eigenvalue weighted by Gasteiger charge is 2.16. The summed E-state index contributed by atoms with van der Waals surface area (Å²) >= 11 is 3.56. The number of nitrogens with zero attached hydrogens (tertiary/aromatic N) is 1. The smallest absolute Gasteiger partial charge is 0.115 e. The lowest BCUT2D eigenvalue weighted by molar-refractivity contribution is 0.271. The zero-order valence-electron chi connectivity index (χ0n) is 11.0. The van der Waals surface area contributed by atoms with E-state index in [2.05, 4.69) is 27.8 Å². The van der Waals surface area contributed by atoms with E-state index in [4.69, 9.17) is 0 Å². The number of halogens is 1. The van der Waals surface area contributed by atoms with E-state index in [1.807, 2.05) is 12.1 Å². The quantitative estimate of drug-likeness (QED) is 0.905. The molecule has 0 radical (unpaired) electrons. The number of phenols is 1. The predicted molar refractivity (Wildman–Crippen MR) is 78.7 cm³/mol. The van der Waals surface area contributed by atoms with Crippen LogP contribution >= 0.6 is 15.9 Å². The first-order valence-electron chi connectivity index (χ1n) is 6.88. The first-order valence-corrected chi connectivity index (χ1v) is 7.68. The van der Waals surface area contributed by atoms with Crippen molar-refractivity contribution in [1.82, 2.24) is 4.90 Å². The molecule has 2 rings (SSSR count). The molecule has 1 aromatic rings. The van der Waals surface area contributed by atoms with E-state index in [1.54, 1.807) is 6.07 Å². The van der Waals surface area contributed by atoms with Crippen LogP contribution in [0.4, 0.5) is 0 Å². The van der Waals surface area contributed by atoms with Gasteiger partial charge in [-0.2, -0.15) is 0 Å². The molecule has 1 saturated heterocycles. The number of likely N-dealkylation sites (tertiary alicyclic amines) is 1. The predicted octanol–water partition coefficient (Wildman–Crippen LogP) is 4.17. The normalized spacial score (nSPS) is 21.8. The van der Waals surface area contributed by atoms with Gasteiger partial charge < -0.3 is 5.11 Å². The van der Waals surface area contributed by atoms with Gasteiger partial charge in [-0.1, -0.05) is 29.3 Å². The summed E-state index contributed by atoms with van der Waals surface area (Å²) in [5.74, 6) is 1.26. The zero-order chi connectivity index (χ0) is 13.0. The first kappa shape index (κ1) is 13.9. The van der Waals surface area contributed by atoms with Crippen LogP contribution in [0.5, 0.6) is 5.75 Å². The summed E-state index contributed by atoms with van der Waals surface area (Å²) in [7, 11) is 0. The fourth-order valence-electron chi connectivity index (χ4n) is 2.71. The van der Waals surface area contributed by atoms with Crippen LogP contribution in [-0.4, -0.2) is 23.1 Å². The van der Waals surface area contributed by atoms with Crippen molar-refractivity contribution < 1.29 is 5.11 Å². The third-order valence-electron chi connectivity index (χ3n) is 3.94. The SMILES string of the molecule is CCC1CCCN(Cc2cc(O)ccc2Br)CC1. The van der Waals surface area contributed by atoms with E-state index < -0.39 is 0 Å². The Hall–Kier alpha value is -0.540. The van der Waals surface area contributed by atoms with Gasteiger partial charge in [-0.3, -0.25) is 4.90 Å². The van der Waals surface area contributed by atoms with Crippen molar-refractivity contribution in [3.8, 4) is 5.75 Å². The molecule has 1 N–H and O–H groups in total. The maximum atomic E-state index is 9.56. The molecular weight excluding hydrogens is 290 g/mol. The second kappa shape index (κ2) is 6.58. The minimum absolute atomic E-state index is 0.356. The Labute approximate surface area is 118 Å². The molecule has 1 atom stereocenters. The van der Waals surface area contributed by atoms with Crippen LogP contribution in [0.25, 0.3) is 0 Å². The first-order chi connectivity index (χ1) is 8.69.